The summed E-state index contributed by atoms with van der Waals surface area (Å²) in [6, 6.07) is 5.47. The van der Waals surface area contributed by atoms with Gasteiger partial charge in [-0.15, -0.1) is 0 Å². The molecule has 100 valence electrons. The summed E-state index contributed by atoms with van der Waals surface area (Å²) in [5.74, 6) is 0.172. The monoisotopic (exact) mass is 249 g/mol. The van der Waals surface area contributed by atoms with E-state index in [1.165, 1.54) is 0 Å². The molecule has 0 radical (unpaired) electrons. The molecule has 0 saturated heterocycles. The molecule has 0 spiro atoms. The average molecular weight is 249 g/mol. The van der Waals surface area contributed by atoms with Crippen LogP contribution in [0.25, 0.3) is 0 Å². The molecule has 0 aliphatic rings. The molecule has 1 aromatic heterocycles. The van der Waals surface area contributed by atoms with Crippen LogP contribution >= 0.6 is 0 Å². The van der Waals surface area contributed by atoms with Crippen LogP contribution in [0.1, 0.15) is 32.4 Å². The van der Waals surface area contributed by atoms with Crippen LogP contribution in [0.4, 0.5) is 0 Å². The maximum atomic E-state index is 11.7. The first-order valence-electron chi connectivity index (χ1n) is 6.58. The second-order valence-corrected chi connectivity index (χ2v) is 4.63. The summed E-state index contributed by atoms with van der Waals surface area (Å²) in [5.41, 5.74) is 6.89. The second kappa shape index (κ2) is 7.82. The average Bonchev–Trinajstić information content (AvgIpc) is 2.42. The van der Waals surface area contributed by atoms with Gasteiger partial charge in [-0.25, -0.2) is 0 Å². The molecule has 1 aromatic rings. The second-order valence-electron chi connectivity index (χ2n) is 4.63. The fourth-order valence-corrected chi connectivity index (χ4v) is 1.66. The number of rotatable bonds is 7. The lowest BCUT2D eigenvalue weighted by Crippen LogP contribution is -2.44. The molecule has 4 heteroatoms. The van der Waals surface area contributed by atoms with Gasteiger partial charge in [0.2, 0.25) is 5.91 Å². The Bertz CT molecular complexity index is 353. The van der Waals surface area contributed by atoms with Crippen molar-refractivity contribution in [3.63, 3.8) is 0 Å². The maximum absolute atomic E-state index is 11.7. The normalized spacial score (nSPS) is 13.9. The summed E-state index contributed by atoms with van der Waals surface area (Å²) in [6.45, 7) is 4.69. The van der Waals surface area contributed by atoms with Gasteiger partial charge in [-0.2, -0.15) is 0 Å². The number of amides is 1. The van der Waals surface area contributed by atoms with E-state index in [9.17, 15) is 4.79 Å². The van der Waals surface area contributed by atoms with Crippen molar-refractivity contribution in [2.45, 2.75) is 39.2 Å². The van der Waals surface area contributed by atoms with Gasteiger partial charge in [-0.3, -0.25) is 9.78 Å². The number of aryl methyl sites for hydroxylation is 1. The number of nitrogens with zero attached hydrogens (tertiary/aromatic N) is 1. The Kier molecular flexibility index (Phi) is 6.36. The fraction of sp³-hybridized carbons (Fsp3) is 0.571. The molecule has 1 rings (SSSR count). The van der Waals surface area contributed by atoms with Gasteiger partial charge in [-0.1, -0.05) is 26.3 Å². The van der Waals surface area contributed by atoms with E-state index >= 15 is 0 Å². The molecule has 0 unspecified atom stereocenters. The van der Waals surface area contributed by atoms with Crippen LogP contribution in [0.2, 0.25) is 0 Å². The first-order valence-corrected chi connectivity index (χ1v) is 6.58. The zero-order valence-electron chi connectivity index (χ0n) is 11.2. The molecule has 0 saturated carbocycles. The Hall–Kier alpha value is -1.42. The predicted molar refractivity (Wildman–Crippen MR) is 73.0 cm³/mol. The summed E-state index contributed by atoms with van der Waals surface area (Å²) in [6.07, 6.45) is 4.46. The van der Waals surface area contributed by atoms with Gasteiger partial charge in [0.15, 0.2) is 0 Å². The maximum Gasteiger partial charge on any atom is 0.237 e. The highest BCUT2D eigenvalue weighted by atomic mass is 16.2. The lowest BCUT2D eigenvalue weighted by atomic mass is 9.99. The van der Waals surface area contributed by atoms with Crippen molar-refractivity contribution >= 4 is 5.91 Å². The molecule has 4 nitrogen and oxygen atoms in total. The number of aromatic nitrogens is 1. The number of carbonyl (C=O) groups is 1. The molecule has 3 N–H and O–H groups in total. The minimum absolute atomic E-state index is 0.0506. The number of pyridine rings is 1. The summed E-state index contributed by atoms with van der Waals surface area (Å²) in [7, 11) is 0. The minimum Gasteiger partial charge on any atom is -0.355 e. The Labute approximate surface area is 109 Å². The summed E-state index contributed by atoms with van der Waals surface area (Å²) in [4.78, 5) is 15.9. The standard InChI is InChI=1S/C14H23N3O/c1-3-11(2)13(15)14(18)17-10-6-8-12-7-4-5-9-16-12/h4-5,7,9,11,13H,3,6,8,10,15H2,1-2H3,(H,17,18)/t11-,13-/m0/s1. The van der Waals surface area contributed by atoms with Crippen molar-refractivity contribution in [2.75, 3.05) is 6.54 Å². The van der Waals surface area contributed by atoms with E-state index in [1.54, 1.807) is 6.20 Å². The molecule has 2 atom stereocenters. The van der Waals surface area contributed by atoms with Crippen LogP contribution in [0.3, 0.4) is 0 Å². The van der Waals surface area contributed by atoms with Gasteiger partial charge < -0.3 is 11.1 Å². The van der Waals surface area contributed by atoms with Crippen LogP contribution in [-0.4, -0.2) is 23.5 Å². The van der Waals surface area contributed by atoms with Crippen LogP contribution in [0.15, 0.2) is 24.4 Å². The fourth-order valence-electron chi connectivity index (χ4n) is 1.66. The quantitative estimate of drug-likeness (QED) is 0.720. The first kappa shape index (κ1) is 14.6. The van der Waals surface area contributed by atoms with Crippen LogP contribution < -0.4 is 11.1 Å². The predicted octanol–water partition coefficient (Wildman–Crippen LogP) is 1.50. The van der Waals surface area contributed by atoms with Crippen LogP contribution in [-0.2, 0) is 11.2 Å². The SMILES string of the molecule is CC[C@H](C)[C@H](N)C(=O)NCCCc1ccccn1. The highest BCUT2D eigenvalue weighted by Gasteiger charge is 2.18. The van der Waals surface area contributed by atoms with E-state index in [2.05, 4.69) is 10.3 Å². The molecule has 1 amide bonds. The van der Waals surface area contributed by atoms with Crippen molar-refractivity contribution in [3.8, 4) is 0 Å². The molecule has 0 bridgehead atoms. The van der Waals surface area contributed by atoms with Crippen molar-refractivity contribution in [1.29, 1.82) is 0 Å². The molecule has 1 heterocycles. The van der Waals surface area contributed by atoms with E-state index in [0.717, 1.165) is 25.0 Å². The third kappa shape index (κ3) is 4.84. The minimum atomic E-state index is -0.398. The number of hydrogen-bond donors (Lipinski definition) is 2. The lowest BCUT2D eigenvalue weighted by Gasteiger charge is -2.17. The highest BCUT2D eigenvalue weighted by molar-refractivity contribution is 5.81. The number of carbonyl (C=O) groups excluding carboxylic acids is 1. The Morgan fingerprint density at radius 3 is 2.89 bits per heavy atom. The van der Waals surface area contributed by atoms with Crippen molar-refractivity contribution in [3.05, 3.63) is 30.1 Å². The molecular formula is C14H23N3O. The Morgan fingerprint density at radius 1 is 1.50 bits per heavy atom. The number of nitrogens with two attached hydrogens (primary N) is 1. The van der Waals surface area contributed by atoms with E-state index < -0.39 is 6.04 Å². The van der Waals surface area contributed by atoms with Crippen LogP contribution in [0.5, 0.6) is 0 Å². The molecule has 0 aromatic carbocycles. The third-order valence-corrected chi connectivity index (χ3v) is 3.19. The Balaban J connectivity index is 2.20. The molecule has 0 aliphatic carbocycles. The van der Waals surface area contributed by atoms with Gasteiger partial charge in [0.25, 0.3) is 0 Å². The van der Waals surface area contributed by atoms with Crippen molar-refractivity contribution in [2.24, 2.45) is 11.7 Å². The molecule has 0 aliphatic heterocycles. The first-order chi connectivity index (χ1) is 8.65. The van der Waals surface area contributed by atoms with E-state index in [0.29, 0.717) is 6.54 Å². The van der Waals surface area contributed by atoms with Gasteiger partial charge in [0.05, 0.1) is 6.04 Å². The molecule has 18 heavy (non-hydrogen) atoms. The van der Waals surface area contributed by atoms with Gasteiger partial charge >= 0.3 is 0 Å². The Morgan fingerprint density at radius 2 is 2.28 bits per heavy atom. The molecule has 0 fully saturated rings. The summed E-state index contributed by atoms with van der Waals surface area (Å²) < 4.78 is 0. The summed E-state index contributed by atoms with van der Waals surface area (Å²) >= 11 is 0. The highest BCUT2D eigenvalue weighted by Crippen LogP contribution is 2.05. The van der Waals surface area contributed by atoms with Crippen molar-refractivity contribution in [1.82, 2.24) is 10.3 Å². The van der Waals surface area contributed by atoms with Crippen LogP contribution in [0, 0.1) is 5.92 Å². The smallest absolute Gasteiger partial charge is 0.237 e. The largest absolute Gasteiger partial charge is 0.355 e. The topological polar surface area (TPSA) is 68.0 Å². The number of hydrogen-bond acceptors (Lipinski definition) is 3. The van der Waals surface area contributed by atoms with Gasteiger partial charge in [0, 0.05) is 18.4 Å². The van der Waals surface area contributed by atoms with E-state index in [1.807, 2.05) is 32.0 Å². The van der Waals surface area contributed by atoms with E-state index in [-0.39, 0.29) is 11.8 Å². The number of nitrogens with one attached hydrogen (secondary N) is 1. The van der Waals surface area contributed by atoms with Gasteiger partial charge in [-0.05, 0) is 30.9 Å². The van der Waals surface area contributed by atoms with Gasteiger partial charge in [0.1, 0.15) is 0 Å². The third-order valence-electron chi connectivity index (χ3n) is 3.19. The zero-order chi connectivity index (χ0) is 13.4. The summed E-state index contributed by atoms with van der Waals surface area (Å²) in [5, 5.41) is 2.88. The lowest BCUT2D eigenvalue weighted by molar-refractivity contribution is -0.123. The van der Waals surface area contributed by atoms with Crippen molar-refractivity contribution < 1.29 is 4.79 Å². The zero-order valence-corrected chi connectivity index (χ0v) is 11.2. The van der Waals surface area contributed by atoms with E-state index in [4.69, 9.17) is 5.73 Å². The molecular weight excluding hydrogens is 226 g/mol.